The normalized spacial score (nSPS) is 19.9. The molecule has 1 aromatic rings. The number of carbonyl (C=O) groups excluding carboxylic acids is 2. The van der Waals surface area contributed by atoms with E-state index in [2.05, 4.69) is 0 Å². The average molecular weight is 363 g/mol. The fourth-order valence-corrected chi connectivity index (χ4v) is 3.30. The molecule has 1 aliphatic heterocycles. The fraction of sp³-hybridized carbons (Fsp3) is 0.600. The first-order valence-corrected chi connectivity index (χ1v) is 9.05. The lowest BCUT2D eigenvalue weighted by atomic mass is 9.90. The summed E-state index contributed by atoms with van der Waals surface area (Å²) in [4.78, 5) is 26.7. The number of likely N-dealkylation sites (tertiary alicyclic amines) is 1. The van der Waals surface area contributed by atoms with E-state index in [9.17, 15) is 9.59 Å². The third-order valence-electron chi connectivity index (χ3n) is 4.41. The Hall–Kier alpha value is -2.24. The molecule has 26 heavy (non-hydrogen) atoms. The minimum atomic E-state index is -0.975. The Labute approximate surface area is 155 Å². The molecule has 0 aromatic heterocycles. The number of hydrogen-bond donors (Lipinski definition) is 0. The van der Waals surface area contributed by atoms with Gasteiger partial charge in [0.25, 0.3) is 0 Å². The summed E-state index contributed by atoms with van der Waals surface area (Å²) in [6.07, 6.45) is 1.96. The standard InChI is InChI=1S/C20H29NO5/c1-19(2,3)26-18(23)21-14-8-12-20(21,17(22)24-4)13-9-15-25-16-10-6-5-7-11-16/h5-7,10-11H,8-9,12-15H2,1-4H3. The maximum atomic E-state index is 12.6. The van der Waals surface area contributed by atoms with Gasteiger partial charge in [0.2, 0.25) is 0 Å². The highest BCUT2D eigenvalue weighted by molar-refractivity contribution is 5.86. The lowest BCUT2D eigenvalue weighted by Gasteiger charge is -2.36. The summed E-state index contributed by atoms with van der Waals surface area (Å²) in [6, 6.07) is 9.52. The maximum Gasteiger partial charge on any atom is 0.411 e. The van der Waals surface area contributed by atoms with Gasteiger partial charge in [-0.3, -0.25) is 4.90 Å². The molecule has 0 N–H and O–H groups in total. The molecule has 0 aliphatic carbocycles. The van der Waals surface area contributed by atoms with E-state index in [1.807, 2.05) is 51.1 Å². The molecule has 2 rings (SSSR count). The van der Waals surface area contributed by atoms with Crippen LogP contribution in [0.2, 0.25) is 0 Å². The Kier molecular flexibility index (Phi) is 6.51. The SMILES string of the molecule is COC(=O)C1(CCCOc2ccccc2)CCCN1C(=O)OC(C)(C)C. The van der Waals surface area contributed by atoms with Gasteiger partial charge in [-0.25, -0.2) is 9.59 Å². The zero-order valence-electron chi connectivity index (χ0n) is 16.1. The summed E-state index contributed by atoms with van der Waals surface area (Å²) >= 11 is 0. The number of esters is 1. The van der Waals surface area contributed by atoms with Crippen molar-refractivity contribution in [2.24, 2.45) is 0 Å². The van der Waals surface area contributed by atoms with E-state index >= 15 is 0 Å². The number of hydrogen-bond acceptors (Lipinski definition) is 5. The van der Waals surface area contributed by atoms with Crippen LogP contribution >= 0.6 is 0 Å². The highest BCUT2D eigenvalue weighted by Gasteiger charge is 2.51. The molecule has 144 valence electrons. The predicted octanol–water partition coefficient (Wildman–Crippen LogP) is 3.79. The molecule has 1 saturated heterocycles. The third-order valence-corrected chi connectivity index (χ3v) is 4.41. The number of ether oxygens (including phenoxy) is 3. The van der Waals surface area contributed by atoms with Crippen LogP contribution in [-0.2, 0) is 14.3 Å². The number of benzene rings is 1. The number of amides is 1. The summed E-state index contributed by atoms with van der Waals surface area (Å²) in [6.45, 7) is 6.39. The van der Waals surface area contributed by atoms with E-state index in [4.69, 9.17) is 14.2 Å². The first kappa shape index (κ1) is 20.1. The van der Waals surface area contributed by atoms with Gasteiger partial charge in [0.05, 0.1) is 13.7 Å². The monoisotopic (exact) mass is 363 g/mol. The summed E-state index contributed by atoms with van der Waals surface area (Å²) < 4.78 is 16.2. The Balaban J connectivity index is 2.04. The predicted molar refractivity (Wildman–Crippen MR) is 98.1 cm³/mol. The van der Waals surface area contributed by atoms with E-state index in [0.29, 0.717) is 32.4 Å². The highest BCUT2D eigenvalue weighted by Crippen LogP contribution is 2.36. The molecular weight excluding hydrogens is 334 g/mol. The summed E-state index contributed by atoms with van der Waals surface area (Å²) in [5.74, 6) is 0.399. The fourth-order valence-electron chi connectivity index (χ4n) is 3.30. The van der Waals surface area contributed by atoms with Gasteiger partial charge in [0.15, 0.2) is 0 Å². The molecule has 1 fully saturated rings. The first-order chi connectivity index (χ1) is 12.3. The van der Waals surface area contributed by atoms with E-state index in [0.717, 1.165) is 12.2 Å². The van der Waals surface area contributed by atoms with Crippen LogP contribution < -0.4 is 4.74 Å². The van der Waals surface area contributed by atoms with Gasteiger partial charge in [-0.1, -0.05) is 18.2 Å². The second kappa shape index (κ2) is 8.43. The van der Waals surface area contributed by atoms with Crippen molar-refractivity contribution < 1.29 is 23.8 Å². The van der Waals surface area contributed by atoms with Crippen LogP contribution in [0, 0.1) is 0 Å². The summed E-state index contributed by atoms with van der Waals surface area (Å²) in [5, 5.41) is 0. The zero-order valence-corrected chi connectivity index (χ0v) is 16.1. The van der Waals surface area contributed by atoms with Gasteiger partial charge in [-0.2, -0.15) is 0 Å². The molecule has 1 aromatic carbocycles. The molecule has 6 nitrogen and oxygen atoms in total. The van der Waals surface area contributed by atoms with Gasteiger partial charge >= 0.3 is 12.1 Å². The van der Waals surface area contributed by atoms with Crippen LogP contribution in [0.5, 0.6) is 5.75 Å². The lowest BCUT2D eigenvalue weighted by molar-refractivity contribution is -0.153. The summed E-state index contributed by atoms with van der Waals surface area (Å²) in [7, 11) is 1.36. The number of nitrogens with zero attached hydrogens (tertiary/aromatic N) is 1. The maximum absolute atomic E-state index is 12.6. The highest BCUT2D eigenvalue weighted by atomic mass is 16.6. The van der Waals surface area contributed by atoms with Crippen molar-refractivity contribution in [2.75, 3.05) is 20.3 Å². The van der Waals surface area contributed by atoms with Gasteiger partial charge in [-0.05, 0) is 58.6 Å². The van der Waals surface area contributed by atoms with Crippen molar-refractivity contribution in [3.63, 3.8) is 0 Å². The molecule has 0 bridgehead atoms. The Morgan fingerprint density at radius 1 is 1.19 bits per heavy atom. The van der Waals surface area contributed by atoms with Crippen molar-refractivity contribution in [3.05, 3.63) is 30.3 Å². The van der Waals surface area contributed by atoms with Crippen molar-refractivity contribution in [1.29, 1.82) is 0 Å². The minimum absolute atomic E-state index is 0.388. The van der Waals surface area contributed by atoms with E-state index in [1.54, 1.807) is 0 Å². The van der Waals surface area contributed by atoms with Crippen LogP contribution in [0.25, 0.3) is 0 Å². The number of rotatable bonds is 6. The topological polar surface area (TPSA) is 65.1 Å². The molecule has 1 atom stereocenters. The molecule has 1 unspecified atom stereocenters. The molecule has 1 aliphatic rings. The van der Waals surface area contributed by atoms with Crippen LogP contribution in [-0.4, -0.2) is 48.4 Å². The Bertz CT molecular complexity index is 610. The van der Waals surface area contributed by atoms with E-state index < -0.39 is 17.2 Å². The lowest BCUT2D eigenvalue weighted by Crippen LogP contribution is -2.54. The van der Waals surface area contributed by atoms with Crippen LogP contribution in [0.4, 0.5) is 4.79 Å². The Morgan fingerprint density at radius 3 is 2.50 bits per heavy atom. The van der Waals surface area contributed by atoms with Crippen molar-refractivity contribution in [1.82, 2.24) is 4.90 Å². The largest absolute Gasteiger partial charge is 0.494 e. The molecule has 6 heteroatoms. The molecule has 1 amide bonds. The van der Waals surface area contributed by atoms with Gasteiger partial charge in [0.1, 0.15) is 16.9 Å². The van der Waals surface area contributed by atoms with E-state index in [1.165, 1.54) is 12.0 Å². The zero-order chi connectivity index (χ0) is 19.2. The van der Waals surface area contributed by atoms with Crippen molar-refractivity contribution in [3.8, 4) is 5.75 Å². The number of methoxy groups -OCH3 is 1. The molecular formula is C20H29NO5. The third kappa shape index (κ3) is 4.90. The van der Waals surface area contributed by atoms with E-state index in [-0.39, 0.29) is 5.97 Å². The molecule has 0 saturated carbocycles. The number of carbonyl (C=O) groups is 2. The Morgan fingerprint density at radius 2 is 1.88 bits per heavy atom. The van der Waals surface area contributed by atoms with Crippen LogP contribution in [0.15, 0.2) is 30.3 Å². The summed E-state index contributed by atoms with van der Waals surface area (Å²) in [5.41, 5.74) is -1.59. The van der Waals surface area contributed by atoms with Gasteiger partial charge in [0, 0.05) is 6.54 Å². The molecule has 1 heterocycles. The van der Waals surface area contributed by atoms with Crippen molar-refractivity contribution >= 4 is 12.1 Å². The second-order valence-electron chi connectivity index (χ2n) is 7.52. The quantitative estimate of drug-likeness (QED) is 0.568. The van der Waals surface area contributed by atoms with Gasteiger partial charge in [-0.15, -0.1) is 0 Å². The second-order valence-corrected chi connectivity index (χ2v) is 7.52. The van der Waals surface area contributed by atoms with Crippen LogP contribution in [0.3, 0.4) is 0 Å². The average Bonchev–Trinajstić information content (AvgIpc) is 3.03. The first-order valence-electron chi connectivity index (χ1n) is 9.05. The van der Waals surface area contributed by atoms with Crippen molar-refractivity contribution in [2.45, 2.75) is 57.6 Å². The van der Waals surface area contributed by atoms with Crippen LogP contribution in [0.1, 0.15) is 46.5 Å². The minimum Gasteiger partial charge on any atom is -0.494 e. The smallest absolute Gasteiger partial charge is 0.411 e. The number of para-hydroxylation sites is 1. The van der Waals surface area contributed by atoms with Gasteiger partial charge < -0.3 is 14.2 Å². The molecule has 0 radical (unpaired) electrons. The molecule has 0 spiro atoms.